The van der Waals surface area contributed by atoms with Crippen LogP contribution in [0, 0.1) is 0 Å². The van der Waals surface area contributed by atoms with Gasteiger partial charge in [0.2, 0.25) is 0 Å². The Hall–Kier alpha value is -1.08. The highest BCUT2D eigenvalue weighted by Gasteiger charge is 2.51. The van der Waals surface area contributed by atoms with Crippen LogP contribution in [0.4, 0.5) is 0 Å². The van der Waals surface area contributed by atoms with Crippen LogP contribution in [0.2, 0.25) is 0 Å². The van der Waals surface area contributed by atoms with E-state index in [2.05, 4.69) is 0 Å². The lowest BCUT2D eigenvalue weighted by Crippen LogP contribution is -2.41. The van der Waals surface area contributed by atoms with Crippen LogP contribution in [0.3, 0.4) is 0 Å². The molecular formula is C16H25BO5. The number of ether oxygens (including phenoxy) is 3. The van der Waals surface area contributed by atoms with Crippen LogP contribution in [0.5, 0.6) is 5.75 Å². The van der Waals surface area contributed by atoms with E-state index >= 15 is 0 Å². The van der Waals surface area contributed by atoms with Gasteiger partial charge in [-0.3, -0.25) is 0 Å². The molecule has 6 heteroatoms. The zero-order valence-electron chi connectivity index (χ0n) is 14.0. The molecule has 1 aliphatic rings. The molecule has 0 N–H and O–H groups in total. The summed E-state index contributed by atoms with van der Waals surface area (Å²) < 4.78 is 27.6. The van der Waals surface area contributed by atoms with Crippen LogP contribution >= 0.6 is 0 Å². The van der Waals surface area contributed by atoms with E-state index in [4.69, 9.17) is 23.5 Å². The first kappa shape index (κ1) is 17.3. The zero-order valence-corrected chi connectivity index (χ0v) is 14.0. The fraction of sp³-hybridized carbons (Fsp3) is 0.625. The monoisotopic (exact) mass is 308 g/mol. The molecule has 2 rings (SSSR count). The molecule has 1 aromatic carbocycles. The number of hydrogen-bond acceptors (Lipinski definition) is 5. The Kier molecular flexibility index (Phi) is 5.50. The second-order valence-corrected chi connectivity index (χ2v) is 6.32. The Balaban J connectivity index is 1.87. The third-order valence-corrected chi connectivity index (χ3v) is 4.10. The lowest BCUT2D eigenvalue weighted by Gasteiger charge is -2.32. The first-order chi connectivity index (χ1) is 10.4. The van der Waals surface area contributed by atoms with Gasteiger partial charge in [-0.2, -0.15) is 0 Å². The largest absolute Gasteiger partial charge is 0.494 e. The predicted octanol–water partition coefficient (Wildman–Crippen LogP) is 1.99. The van der Waals surface area contributed by atoms with Crippen molar-refractivity contribution in [1.29, 1.82) is 0 Å². The Morgan fingerprint density at radius 3 is 2.09 bits per heavy atom. The summed E-state index contributed by atoms with van der Waals surface area (Å²) in [4.78, 5) is 0. The van der Waals surface area contributed by atoms with Crippen LogP contribution in [-0.2, 0) is 18.8 Å². The summed E-state index contributed by atoms with van der Waals surface area (Å²) >= 11 is 0. The first-order valence-electron chi connectivity index (χ1n) is 7.51. The van der Waals surface area contributed by atoms with E-state index in [-0.39, 0.29) is 25.1 Å². The standard InChI is InChI=1S/C16H25BO5/c1-15(2)16(3,4)22-17(21-15)13-6-8-14(9-7-13)20-11-10-19-12-18-5/h6-9H,10-12H2,1-5H3. The maximum Gasteiger partial charge on any atom is 0.494 e. The van der Waals surface area contributed by atoms with Crippen molar-refractivity contribution >= 4 is 12.6 Å². The third-order valence-electron chi connectivity index (χ3n) is 4.10. The Morgan fingerprint density at radius 1 is 0.955 bits per heavy atom. The fourth-order valence-electron chi connectivity index (χ4n) is 2.06. The van der Waals surface area contributed by atoms with Crippen molar-refractivity contribution in [3.8, 4) is 5.75 Å². The average Bonchev–Trinajstić information content (AvgIpc) is 2.68. The third kappa shape index (κ3) is 4.01. The number of hydrogen-bond donors (Lipinski definition) is 0. The summed E-state index contributed by atoms with van der Waals surface area (Å²) in [5, 5.41) is 0. The molecule has 0 aromatic heterocycles. The van der Waals surface area contributed by atoms with Gasteiger partial charge in [0.15, 0.2) is 0 Å². The maximum absolute atomic E-state index is 6.02. The summed E-state index contributed by atoms with van der Waals surface area (Å²) in [5.74, 6) is 0.793. The van der Waals surface area contributed by atoms with Crippen molar-refractivity contribution < 1.29 is 23.5 Å². The summed E-state index contributed by atoms with van der Waals surface area (Å²) in [6, 6.07) is 7.76. The molecule has 0 saturated carbocycles. The molecule has 0 radical (unpaired) electrons. The number of methoxy groups -OCH3 is 1. The van der Waals surface area contributed by atoms with Gasteiger partial charge in [0.05, 0.1) is 17.8 Å². The second kappa shape index (κ2) is 7.00. The van der Waals surface area contributed by atoms with Gasteiger partial charge in [0, 0.05) is 7.11 Å². The topological polar surface area (TPSA) is 46.2 Å². The lowest BCUT2D eigenvalue weighted by molar-refractivity contribution is -0.0387. The van der Waals surface area contributed by atoms with Crippen molar-refractivity contribution in [3.05, 3.63) is 24.3 Å². The number of rotatable bonds is 7. The Bertz CT molecular complexity index is 456. The van der Waals surface area contributed by atoms with Gasteiger partial charge in [0.1, 0.15) is 19.1 Å². The molecular weight excluding hydrogens is 283 g/mol. The molecule has 0 unspecified atom stereocenters. The van der Waals surface area contributed by atoms with Crippen molar-refractivity contribution in [2.45, 2.75) is 38.9 Å². The van der Waals surface area contributed by atoms with E-state index in [1.165, 1.54) is 0 Å². The summed E-state index contributed by atoms with van der Waals surface area (Å²) in [6.45, 7) is 9.44. The Labute approximate surface area is 133 Å². The Morgan fingerprint density at radius 2 is 1.55 bits per heavy atom. The van der Waals surface area contributed by atoms with Gasteiger partial charge in [-0.25, -0.2) is 0 Å². The van der Waals surface area contributed by atoms with E-state index in [1.807, 2.05) is 52.0 Å². The van der Waals surface area contributed by atoms with Gasteiger partial charge >= 0.3 is 7.12 Å². The van der Waals surface area contributed by atoms with Gasteiger partial charge in [0.25, 0.3) is 0 Å². The molecule has 1 heterocycles. The maximum atomic E-state index is 6.02. The van der Waals surface area contributed by atoms with Gasteiger partial charge in [-0.15, -0.1) is 0 Å². The molecule has 0 atom stereocenters. The van der Waals surface area contributed by atoms with Crippen molar-refractivity contribution in [3.63, 3.8) is 0 Å². The average molecular weight is 308 g/mol. The van der Waals surface area contributed by atoms with Crippen molar-refractivity contribution in [1.82, 2.24) is 0 Å². The molecule has 122 valence electrons. The van der Waals surface area contributed by atoms with Gasteiger partial charge in [-0.05, 0) is 45.3 Å². The van der Waals surface area contributed by atoms with Crippen LogP contribution in [0.15, 0.2) is 24.3 Å². The van der Waals surface area contributed by atoms with Gasteiger partial charge in [-0.1, -0.05) is 12.1 Å². The highest BCUT2D eigenvalue weighted by atomic mass is 16.7. The molecule has 0 spiro atoms. The van der Waals surface area contributed by atoms with E-state index in [1.54, 1.807) is 7.11 Å². The minimum atomic E-state index is -0.343. The first-order valence-corrected chi connectivity index (χ1v) is 7.51. The summed E-state index contributed by atoms with van der Waals surface area (Å²) in [6.07, 6.45) is 0. The normalized spacial score (nSPS) is 19.4. The highest BCUT2D eigenvalue weighted by Crippen LogP contribution is 2.36. The lowest BCUT2D eigenvalue weighted by atomic mass is 9.79. The van der Waals surface area contributed by atoms with E-state index in [9.17, 15) is 0 Å². The van der Waals surface area contributed by atoms with Crippen LogP contribution < -0.4 is 10.2 Å². The van der Waals surface area contributed by atoms with E-state index in [0.29, 0.717) is 13.2 Å². The molecule has 0 aliphatic carbocycles. The molecule has 1 aliphatic heterocycles. The zero-order chi connectivity index (χ0) is 16.2. The van der Waals surface area contributed by atoms with Gasteiger partial charge < -0.3 is 23.5 Å². The highest BCUT2D eigenvalue weighted by molar-refractivity contribution is 6.62. The minimum absolute atomic E-state index is 0.282. The van der Waals surface area contributed by atoms with Crippen LogP contribution in [-0.4, -0.2) is 45.4 Å². The fourth-order valence-corrected chi connectivity index (χ4v) is 2.06. The van der Waals surface area contributed by atoms with E-state index < -0.39 is 0 Å². The second-order valence-electron chi connectivity index (χ2n) is 6.32. The quantitative estimate of drug-likeness (QED) is 0.438. The minimum Gasteiger partial charge on any atom is -0.491 e. The molecule has 1 aromatic rings. The number of benzene rings is 1. The molecule has 1 fully saturated rings. The smallest absolute Gasteiger partial charge is 0.491 e. The molecule has 0 bridgehead atoms. The molecule has 1 saturated heterocycles. The summed E-state index contributed by atoms with van der Waals surface area (Å²) in [5.41, 5.74) is 0.332. The predicted molar refractivity (Wildman–Crippen MR) is 85.5 cm³/mol. The molecule has 0 amide bonds. The van der Waals surface area contributed by atoms with Crippen molar-refractivity contribution in [2.75, 3.05) is 27.1 Å². The van der Waals surface area contributed by atoms with Crippen molar-refractivity contribution in [2.24, 2.45) is 0 Å². The molecule has 22 heavy (non-hydrogen) atoms. The van der Waals surface area contributed by atoms with E-state index in [0.717, 1.165) is 11.2 Å². The van der Waals surface area contributed by atoms with Crippen LogP contribution in [0.1, 0.15) is 27.7 Å². The van der Waals surface area contributed by atoms with Crippen LogP contribution in [0.25, 0.3) is 0 Å². The summed E-state index contributed by atoms with van der Waals surface area (Å²) in [7, 11) is 1.25. The SMILES string of the molecule is COCOCCOc1ccc(B2OC(C)(C)C(C)(C)O2)cc1. The molecule has 5 nitrogen and oxygen atoms in total.